The Labute approximate surface area is 143 Å². The molecule has 1 saturated heterocycles. The summed E-state index contributed by atoms with van der Waals surface area (Å²) in [5.41, 5.74) is 0.287. The molecule has 0 bridgehead atoms. The van der Waals surface area contributed by atoms with Gasteiger partial charge in [0.1, 0.15) is 0 Å². The van der Waals surface area contributed by atoms with Gasteiger partial charge in [-0.15, -0.1) is 12.4 Å². The molecule has 0 atom stereocenters. The molecule has 8 heteroatoms. The summed E-state index contributed by atoms with van der Waals surface area (Å²) in [5, 5.41) is 17.0. The summed E-state index contributed by atoms with van der Waals surface area (Å²) in [6, 6.07) is 4.27. The van der Waals surface area contributed by atoms with E-state index in [1.54, 1.807) is 6.07 Å². The number of rotatable bonds is 4. The molecule has 0 saturated carbocycles. The lowest BCUT2D eigenvalue weighted by atomic mass is 9.81. The maximum Gasteiger partial charge on any atom is 0.271 e. The fourth-order valence-electron chi connectivity index (χ4n) is 2.41. The zero-order chi connectivity index (χ0) is 15.5. The molecule has 1 aliphatic rings. The molecule has 1 aliphatic heterocycles. The molecule has 0 spiro atoms. The summed E-state index contributed by atoms with van der Waals surface area (Å²) in [7, 11) is 0. The number of benzene rings is 1. The molecule has 2 N–H and O–H groups in total. The van der Waals surface area contributed by atoms with E-state index in [9.17, 15) is 14.9 Å². The van der Waals surface area contributed by atoms with Crippen LogP contribution in [-0.2, 0) is 0 Å². The Balaban J connectivity index is 0.00000242. The maximum absolute atomic E-state index is 12.2. The summed E-state index contributed by atoms with van der Waals surface area (Å²) in [6.07, 6.45) is 2.01. The van der Waals surface area contributed by atoms with Crippen molar-refractivity contribution in [2.75, 3.05) is 19.6 Å². The van der Waals surface area contributed by atoms with Crippen LogP contribution in [0.5, 0.6) is 0 Å². The van der Waals surface area contributed by atoms with Gasteiger partial charge in [0.15, 0.2) is 0 Å². The zero-order valence-electron chi connectivity index (χ0n) is 12.2. The van der Waals surface area contributed by atoms with Gasteiger partial charge in [0.2, 0.25) is 0 Å². The number of carbonyl (C=O) groups is 1. The number of amides is 1. The Morgan fingerprint density at radius 3 is 2.64 bits per heavy atom. The Kier molecular flexibility index (Phi) is 6.77. The van der Waals surface area contributed by atoms with E-state index in [0.29, 0.717) is 16.6 Å². The average molecular weight is 393 g/mol. The number of non-ortho nitro benzene ring substituents is 1. The van der Waals surface area contributed by atoms with Crippen molar-refractivity contribution in [1.29, 1.82) is 0 Å². The third kappa shape index (κ3) is 4.93. The van der Waals surface area contributed by atoms with Crippen LogP contribution in [0.3, 0.4) is 0 Å². The molecule has 0 aliphatic carbocycles. The molecular formula is C14H19BrClN3O3. The van der Waals surface area contributed by atoms with E-state index >= 15 is 0 Å². The lowest BCUT2D eigenvalue weighted by Gasteiger charge is -2.34. The van der Waals surface area contributed by atoms with Gasteiger partial charge in [0, 0.05) is 28.7 Å². The first-order valence-electron chi connectivity index (χ1n) is 6.84. The van der Waals surface area contributed by atoms with Gasteiger partial charge < -0.3 is 10.6 Å². The minimum atomic E-state index is -0.504. The molecule has 1 fully saturated rings. The van der Waals surface area contributed by atoms with Crippen LogP contribution in [0, 0.1) is 15.5 Å². The predicted molar refractivity (Wildman–Crippen MR) is 90.6 cm³/mol. The normalized spacial score (nSPS) is 16.5. The highest BCUT2D eigenvalue weighted by atomic mass is 79.9. The van der Waals surface area contributed by atoms with E-state index < -0.39 is 4.92 Å². The van der Waals surface area contributed by atoms with Crippen LogP contribution < -0.4 is 10.6 Å². The van der Waals surface area contributed by atoms with Gasteiger partial charge in [-0.25, -0.2) is 0 Å². The highest BCUT2D eigenvalue weighted by Gasteiger charge is 2.27. The standard InChI is InChI=1S/C14H18BrN3O3.ClH/c1-14(2-4-16-5-3-14)9-17-13(19)10-6-11(15)8-12(7-10)18(20)21;/h6-8,16H,2-5,9H2,1H3,(H,17,19);1H. The number of carbonyl (C=O) groups excluding carboxylic acids is 1. The first-order valence-corrected chi connectivity index (χ1v) is 7.63. The Morgan fingerprint density at radius 1 is 1.41 bits per heavy atom. The lowest BCUT2D eigenvalue weighted by Crippen LogP contribution is -2.42. The second-order valence-electron chi connectivity index (χ2n) is 5.70. The Hall–Kier alpha value is -1.18. The van der Waals surface area contributed by atoms with E-state index in [2.05, 4.69) is 33.5 Å². The molecule has 1 aromatic carbocycles. The molecular weight excluding hydrogens is 374 g/mol. The van der Waals surface area contributed by atoms with Gasteiger partial charge in [-0.05, 0) is 37.4 Å². The molecule has 122 valence electrons. The third-order valence-electron chi connectivity index (χ3n) is 3.84. The fourth-order valence-corrected chi connectivity index (χ4v) is 2.89. The van der Waals surface area contributed by atoms with Crippen LogP contribution in [-0.4, -0.2) is 30.5 Å². The molecule has 2 rings (SSSR count). The van der Waals surface area contributed by atoms with Crippen LogP contribution in [0.4, 0.5) is 5.69 Å². The van der Waals surface area contributed by atoms with Crippen molar-refractivity contribution < 1.29 is 9.72 Å². The van der Waals surface area contributed by atoms with Crippen LogP contribution in [0.15, 0.2) is 22.7 Å². The highest BCUT2D eigenvalue weighted by Crippen LogP contribution is 2.27. The van der Waals surface area contributed by atoms with Gasteiger partial charge >= 0.3 is 0 Å². The topological polar surface area (TPSA) is 84.3 Å². The second kappa shape index (κ2) is 7.89. The minimum absolute atomic E-state index is 0. The summed E-state index contributed by atoms with van der Waals surface area (Å²) in [4.78, 5) is 22.5. The number of nitrogens with zero attached hydrogens (tertiary/aromatic N) is 1. The number of nitro benzene ring substituents is 1. The van der Waals surface area contributed by atoms with Crippen LogP contribution >= 0.6 is 28.3 Å². The van der Waals surface area contributed by atoms with Crippen molar-refractivity contribution >= 4 is 39.9 Å². The van der Waals surface area contributed by atoms with Gasteiger partial charge in [-0.3, -0.25) is 14.9 Å². The Morgan fingerprint density at radius 2 is 2.05 bits per heavy atom. The van der Waals surface area contributed by atoms with Crippen molar-refractivity contribution in [3.05, 3.63) is 38.3 Å². The minimum Gasteiger partial charge on any atom is -0.351 e. The fraction of sp³-hybridized carbons (Fsp3) is 0.500. The Bertz CT molecular complexity index is 562. The molecule has 0 unspecified atom stereocenters. The van der Waals surface area contributed by atoms with Crippen LogP contribution in [0.25, 0.3) is 0 Å². The van der Waals surface area contributed by atoms with E-state index in [4.69, 9.17) is 0 Å². The van der Waals surface area contributed by atoms with E-state index in [1.807, 2.05) is 0 Å². The van der Waals surface area contributed by atoms with Gasteiger partial charge in [0.05, 0.1) is 4.92 Å². The summed E-state index contributed by atoms with van der Waals surface area (Å²) in [6.45, 7) is 4.63. The van der Waals surface area contributed by atoms with E-state index in [-0.39, 0.29) is 29.4 Å². The number of piperidine rings is 1. The van der Waals surface area contributed by atoms with Crippen molar-refractivity contribution in [2.45, 2.75) is 19.8 Å². The van der Waals surface area contributed by atoms with Crippen molar-refractivity contribution in [2.24, 2.45) is 5.41 Å². The molecule has 1 heterocycles. The molecule has 0 aromatic heterocycles. The molecule has 0 radical (unpaired) electrons. The molecule has 22 heavy (non-hydrogen) atoms. The largest absolute Gasteiger partial charge is 0.351 e. The summed E-state index contributed by atoms with van der Waals surface area (Å²) in [5.74, 6) is -0.279. The SMILES string of the molecule is CC1(CNC(=O)c2cc(Br)cc([N+](=O)[O-])c2)CCNCC1.Cl. The predicted octanol–water partition coefficient (Wildman–Crippen LogP) is 2.90. The van der Waals surface area contributed by atoms with Crippen molar-refractivity contribution in [3.8, 4) is 0 Å². The highest BCUT2D eigenvalue weighted by molar-refractivity contribution is 9.10. The van der Waals surface area contributed by atoms with Crippen LogP contribution in [0.2, 0.25) is 0 Å². The molecule has 1 amide bonds. The van der Waals surface area contributed by atoms with Gasteiger partial charge in [-0.2, -0.15) is 0 Å². The van der Waals surface area contributed by atoms with Crippen LogP contribution in [0.1, 0.15) is 30.1 Å². The molecule has 1 aromatic rings. The zero-order valence-corrected chi connectivity index (χ0v) is 14.6. The van der Waals surface area contributed by atoms with E-state index in [1.165, 1.54) is 12.1 Å². The number of nitrogens with one attached hydrogen (secondary N) is 2. The van der Waals surface area contributed by atoms with Gasteiger partial charge in [-0.1, -0.05) is 22.9 Å². The lowest BCUT2D eigenvalue weighted by molar-refractivity contribution is -0.385. The summed E-state index contributed by atoms with van der Waals surface area (Å²) >= 11 is 3.20. The number of nitro groups is 1. The summed E-state index contributed by atoms with van der Waals surface area (Å²) < 4.78 is 0.523. The first kappa shape index (κ1) is 18.9. The average Bonchev–Trinajstić information content (AvgIpc) is 2.45. The first-order chi connectivity index (χ1) is 9.89. The number of hydrogen-bond donors (Lipinski definition) is 2. The van der Waals surface area contributed by atoms with Gasteiger partial charge in [0.25, 0.3) is 11.6 Å². The second-order valence-corrected chi connectivity index (χ2v) is 6.61. The number of hydrogen-bond acceptors (Lipinski definition) is 4. The monoisotopic (exact) mass is 391 g/mol. The molecule has 6 nitrogen and oxygen atoms in total. The smallest absolute Gasteiger partial charge is 0.271 e. The maximum atomic E-state index is 12.2. The van der Waals surface area contributed by atoms with E-state index in [0.717, 1.165) is 25.9 Å². The number of halogens is 2. The van der Waals surface area contributed by atoms with Crippen molar-refractivity contribution in [1.82, 2.24) is 10.6 Å². The quantitative estimate of drug-likeness (QED) is 0.609. The van der Waals surface area contributed by atoms with Crippen molar-refractivity contribution in [3.63, 3.8) is 0 Å². The third-order valence-corrected chi connectivity index (χ3v) is 4.30.